The minimum atomic E-state index is -4.38. The third-order valence-electron chi connectivity index (χ3n) is 4.71. The molecule has 0 aliphatic rings. The lowest BCUT2D eigenvalue weighted by atomic mass is 9.93. The summed E-state index contributed by atoms with van der Waals surface area (Å²) in [5.74, 6) is 0.0929. The van der Waals surface area contributed by atoms with E-state index in [9.17, 15) is 18.3 Å². The Kier molecular flexibility index (Phi) is 6.39. The predicted octanol–water partition coefficient (Wildman–Crippen LogP) is 6.29. The smallest absolute Gasteiger partial charge is 0.388 e. The molecule has 7 heteroatoms. The van der Waals surface area contributed by atoms with Gasteiger partial charge in [0.25, 0.3) is 0 Å². The Bertz CT molecular complexity index is 968. The van der Waals surface area contributed by atoms with Gasteiger partial charge in [-0.25, -0.2) is 0 Å². The quantitative estimate of drug-likeness (QED) is 0.493. The highest BCUT2D eigenvalue weighted by Crippen LogP contribution is 2.41. The largest absolute Gasteiger partial charge is 0.416 e. The molecular formula is C22H23F3N2OS. The van der Waals surface area contributed by atoms with Gasteiger partial charge in [-0.1, -0.05) is 31.7 Å². The van der Waals surface area contributed by atoms with Gasteiger partial charge in [0.1, 0.15) is 0 Å². The number of hydrogen-bond donors (Lipinski definition) is 2. The van der Waals surface area contributed by atoms with Crippen LogP contribution in [0.3, 0.4) is 0 Å². The van der Waals surface area contributed by atoms with Crippen LogP contribution in [-0.2, 0) is 12.6 Å². The Balaban J connectivity index is 1.94. The third kappa shape index (κ3) is 5.03. The number of H-pyrrole nitrogens is 1. The van der Waals surface area contributed by atoms with E-state index in [1.807, 2.05) is 32.9 Å². The summed E-state index contributed by atoms with van der Waals surface area (Å²) in [6.07, 6.45) is -1.29. The zero-order valence-electron chi connectivity index (χ0n) is 16.4. The summed E-state index contributed by atoms with van der Waals surface area (Å²) in [5, 5.41) is 11.7. The van der Waals surface area contributed by atoms with Gasteiger partial charge < -0.3 is 10.1 Å². The number of aromatic amines is 1. The highest BCUT2D eigenvalue weighted by Gasteiger charge is 2.31. The molecule has 0 spiro atoms. The lowest BCUT2D eigenvalue weighted by molar-refractivity contribution is -0.137. The number of aliphatic hydroxyl groups excluding tert-OH is 1. The van der Waals surface area contributed by atoms with E-state index in [2.05, 4.69) is 9.97 Å². The molecule has 0 saturated carbocycles. The van der Waals surface area contributed by atoms with E-state index < -0.39 is 17.8 Å². The van der Waals surface area contributed by atoms with Crippen molar-refractivity contribution in [1.82, 2.24) is 9.97 Å². The average molecular weight is 421 g/mol. The van der Waals surface area contributed by atoms with Crippen LogP contribution in [0.1, 0.15) is 53.8 Å². The summed E-state index contributed by atoms with van der Waals surface area (Å²) in [6, 6.07) is 9.01. The van der Waals surface area contributed by atoms with Gasteiger partial charge in [0.2, 0.25) is 0 Å². The number of nitrogens with one attached hydrogen (secondary N) is 1. The molecule has 0 amide bonds. The Morgan fingerprint density at radius 1 is 1.10 bits per heavy atom. The second-order valence-electron chi connectivity index (χ2n) is 7.26. The molecule has 0 radical (unpaired) electrons. The standard InChI is InChI=1S/C22H23F3N2OS/c1-13(2)19-20(18(28)11-15-7-9-26-10-8-15)14(3)27-21(19)29-17-6-4-5-16(12-17)22(23,24)25/h4-10,12-13,18,27-28H,11H2,1-3H3. The summed E-state index contributed by atoms with van der Waals surface area (Å²) in [7, 11) is 0. The number of alkyl halides is 3. The first kappa shape index (κ1) is 21.5. The van der Waals surface area contributed by atoms with Crippen molar-refractivity contribution in [3.05, 3.63) is 76.7 Å². The number of halogens is 3. The van der Waals surface area contributed by atoms with Gasteiger partial charge in [-0.15, -0.1) is 0 Å². The average Bonchev–Trinajstić information content (AvgIpc) is 2.98. The summed E-state index contributed by atoms with van der Waals surface area (Å²) in [5.41, 5.74) is 2.87. The molecule has 2 N–H and O–H groups in total. The summed E-state index contributed by atoms with van der Waals surface area (Å²) < 4.78 is 39.1. The van der Waals surface area contributed by atoms with E-state index in [-0.39, 0.29) is 5.92 Å². The van der Waals surface area contributed by atoms with Gasteiger partial charge >= 0.3 is 6.18 Å². The van der Waals surface area contributed by atoms with Crippen LogP contribution in [0.2, 0.25) is 0 Å². The Morgan fingerprint density at radius 2 is 1.79 bits per heavy atom. The second-order valence-corrected chi connectivity index (χ2v) is 8.35. The normalized spacial score (nSPS) is 13.1. The zero-order valence-corrected chi connectivity index (χ0v) is 17.2. The number of aliphatic hydroxyl groups is 1. The van der Waals surface area contributed by atoms with Crippen LogP contribution in [0.5, 0.6) is 0 Å². The number of rotatable bonds is 6. The zero-order chi connectivity index (χ0) is 21.2. The van der Waals surface area contributed by atoms with Gasteiger partial charge in [-0.2, -0.15) is 13.2 Å². The van der Waals surface area contributed by atoms with Gasteiger partial charge in [0, 0.05) is 35.0 Å². The van der Waals surface area contributed by atoms with Crippen molar-refractivity contribution >= 4 is 11.8 Å². The monoisotopic (exact) mass is 420 g/mol. The van der Waals surface area contributed by atoms with Gasteiger partial charge in [-0.3, -0.25) is 4.98 Å². The SMILES string of the molecule is Cc1[nH]c(Sc2cccc(C(F)(F)F)c2)c(C(C)C)c1C(O)Cc1ccncc1. The maximum Gasteiger partial charge on any atom is 0.416 e. The molecule has 3 nitrogen and oxygen atoms in total. The number of nitrogens with zero attached hydrogens (tertiary/aromatic N) is 1. The maximum absolute atomic E-state index is 13.0. The summed E-state index contributed by atoms with van der Waals surface area (Å²) in [4.78, 5) is 7.77. The number of pyridine rings is 1. The molecule has 2 aromatic heterocycles. The summed E-state index contributed by atoms with van der Waals surface area (Å²) in [6.45, 7) is 5.91. The number of aryl methyl sites for hydroxylation is 1. The third-order valence-corrected chi connectivity index (χ3v) is 5.73. The van der Waals surface area contributed by atoms with E-state index in [0.717, 1.165) is 39.5 Å². The van der Waals surface area contributed by atoms with Crippen molar-refractivity contribution in [2.24, 2.45) is 0 Å². The van der Waals surface area contributed by atoms with E-state index in [1.54, 1.807) is 18.5 Å². The van der Waals surface area contributed by atoms with Crippen molar-refractivity contribution in [2.45, 2.75) is 55.3 Å². The molecule has 29 heavy (non-hydrogen) atoms. The highest BCUT2D eigenvalue weighted by molar-refractivity contribution is 7.99. The highest BCUT2D eigenvalue weighted by atomic mass is 32.2. The first-order valence-electron chi connectivity index (χ1n) is 9.31. The van der Waals surface area contributed by atoms with Crippen molar-refractivity contribution in [3.63, 3.8) is 0 Å². The van der Waals surface area contributed by atoms with Crippen LogP contribution in [0.25, 0.3) is 0 Å². The molecule has 2 heterocycles. The number of aromatic nitrogens is 2. The molecule has 0 saturated heterocycles. The van der Waals surface area contributed by atoms with Crippen molar-refractivity contribution in [3.8, 4) is 0 Å². The fourth-order valence-corrected chi connectivity index (χ4v) is 4.64. The molecule has 1 atom stereocenters. The Hall–Kier alpha value is -2.25. The topological polar surface area (TPSA) is 48.9 Å². The molecule has 0 aliphatic heterocycles. The van der Waals surface area contributed by atoms with Crippen molar-refractivity contribution in [2.75, 3.05) is 0 Å². The van der Waals surface area contributed by atoms with E-state index in [1.165, 1.54) is 17.8 Å². The lowest BCUT2D eigenvalue weighted by Crippen LogP contribution is -2.06. The summed E-state index contributed by atoms with van der Waals surface area (Å²) >= 11 is 1.25. The fourth-order valence-electron chi connectivity index (χ4n) is 3.41. The van der Waals surface area contributed by atoms with Gasteiger partial charge in [0.15, 0.2) is 0 Å². The fraction of sp³-hybridized carbons (Fsp3) is 0.318. The van der Waals surface area contributed by atoms with Crippen molar-refractivity contribution < 1.29 is 18.3 Å². The van der Waals surface area contributed by atoms with E-state index >= 15 is 0 Å². The van der Waals surface area contributed by atoms with Crippen LogP contribution in [0.15, 0.2) is 58.7 Å². The van der Waals surface area contributed by atoms with Crippen LogP contribution in [-0.4, -0.2) is 15.1 Å². The van der Waals surface area contributed by atoms with Gasteiger partial charge in [-0.05, 0) is 54.3 Å². The number of hydrogen-bond acceptors (Lipinski definition) is 3. The molecule has 1 aromatic carbocycles. The first-order chi connectivity index (χ1) is 13.7. The molecule has 154 valence electrons. The van der Waals surface area contributed by atoms with Crippen molar-refractivity contribution in [1.29, 1.82) is 0 Å². The maximum atomic E-state index is 13.0. The van der Waals surface area contributed by atoms with E-state index in [4.69, 9.17) is 0 Å². The van der Waals surface area contributed by atoms with Crippen LogP contribution in [0, 0.1) is 6.92 Å². The molecule has 0 aliphatic carbocycles. The molecule has 0 fully saturated rings. The second kappa shape index (κ2) is 8.63. The van der Waals surface area contributed by atoms with Crippen LogP contribution >= 0.6 is 11.8 Å². The van der Waals surface area contributed by atoms with E-state index in [0.29, 0.717) is 11.3 Å². The predicted molar refractivity (Wildman–Crippen MR) is 108 cm³/mol. The van der Waals surface area contributed by atoms with Crippen LogP contribution < -0.4 is 0 Å². The van der Waals surface area contributed by atoms with Gasteiger partial charge in [0.05, 0.1) is 16.7 Å². The number of benzene rings is 1. The molecule has 1 unspecified atom stereocenters. The van der Waals surface area contributed by atoms with Crippen LogP contribution in [0.4, 0.5) is 13.2 Å². The molecule has 3 aromatic rings. The Morgan fingerprint density at radius 3 is 2.41 bits per heavy atom. The molecule has 3 rings (SSSR count). The molecule has 0 bridgehead atoms. The lowest BCUT2D eigenvalue weighted by Gasteiger charge is -2.16. The molecular weight excluding hydrogens is 397 g/mol. The first-order valence-corrected chi connectivity index (χ1v) is 10.1. The minimum absolute atomic E-state index is 0.0929. The minimum Gasteiger partial charge on any atom is -0.388 e. The Labute approximate surface area is 172 Å².